The van der Waals surface area contributed by atoms with E-state index in [4.69, 9.17) is 23.2 Å². The Morgan fingerprint density at radius 1 is 1.12 bits per heavy atom. The molecule has 3 rings (SSSR count). The van der Waals surface area contributed by atoms with Gasteiger partial charge in [0.05, 0.1) is 22.8 Å². The molecule has 13 heteroatoms. The van der Waals surface area contributed by atoms with Crippen molar-refractivity contribution >= 4 is 56.3 Å². The fourth-order valence-corrected chi connectivity index (χ4v) is 3.99. The van der Waals surface area contributed by atoms with E-state index in [2.05, 4.69) is 20.7 Å². The summed E-state index contributed by atoms with van der Waals surface area (Å²) < 4.78 is 25.2. The molecule has 178 valence electrons. The van der Waals surface area contributed by atoms with Crippen LogP contribution in [-0.2, 0) is 14.6 Å². The van der Waals surface area contributed by atoms with Crippen LogP contribution in [0.2, 0.25) is 10.0 Å². The molecule has 0 aliphatic rings. The van der Waals surface area contributed by atoms with E-state index in [1.165, 1.54) is 31.3 Å². The molecule has 0 saturated heterocycles. The van der Waals surface area contributed by atoms with Gasteiger partial charge in [-0.05, 0) is 43.7 Å². The lowest BCUT2D eigenvalue weighted by atomic mass is 10.1. The van der Waals surface area contributed by atoms with Crippen LogP contribution in [0.1, 0.15) is 33.3 Å². The van der Waals surface area contributed by atoms with Crippen molar-refractivity contribution in [3.05, 3.63) is 63.4 Å². The highest BCUT2D eigenvalue weighted by atomic mass is 35.5. The van der Waals surface area contributed by atoms with Crippen molar-refractivity contribution in [2.24, 2.45) is 0 Å². The maximum Gasteiger partial charge on any atom is 0.274 e. The minimum Gasteiger partial charge on any atom is -0.345 e. The van der Waals surface area contributed by atoms with Gasteiger partial charge < -0.3 is 10.6 Å². The third-order valence-electron chi connectivity index (χ3n) is 4.52. The molecule has 2 N–H and O–H groups in total. The summed E-state index contributed by atoms with van der Waals surface area (Å²) in [6, 6.07) is 7.03. The van der Waals surface area contributed by atoms with Crippen molar-refractivity contribution in [3.8, 4) is 5.82 Å². The Balaban J connectivity index is 2.09. The summed E-state index contributed by atoms with van der Waals surface area (Å²) in [4.78, 5) is 41.3. The molecule has 1 aromatic carbocycles. The van der Waals surface area contributed by atoms with E-state index in [-0.39, 0.29) is 50.2 Å². The normalized spacial score (nSPS) is 11.2. The first-order valence-electron chi connectivity index (χ1n) is 9.68. The molecule has 2 amide bonds. The van der Waals surface area contributed by atoms with Gasteiger partial charge in [-0.15, -0.1) is 0 Å². The summed E-state index contributed by atoms with van der Waals surface area (Å²) in [5.74, 6) is -1.64. The van der Waals surface area contributed by atoms with Gasteiger partial charge in [0.2, 0.25) is 0 Å². The summed E-state index contributed by atoms with van der Waals surface area (Å²) in [6.07, 6.45) is 2.35. The first-order valence-corrected chi connectivity index (χ1v) is 12.3. The highest BCUT2D eigenvalue weighted by molar-refractivity contribution is 7.90. The van der Waals surface area contributed by atoms with Crippen molar-refractivity contribution < 1.29 is 22.8 Å². The lowest BCUT2D eigenvalue weighted by molar-refractivity contribution is -0.116. The van der Waals surface area contributed by atoms with Gasteiger partial charge in [0.15, 0.2) is 20.7 Å². The van der Waals surface area contributed by atoms with Crippen molar-refractivity contribution in [1.29, 1.82) is 0 Å². The van der Waals surface area contributed by atoms with E-state index in [1.807, 2.05) is 0 Å². The van der Waals surface area contributed by atoms with E-state index in [9.17, 15) is 22.8 Å². The van der Waals surface area contributed by atoms with Crippen LogP contribution in [0.4, 0.5) is 5.69 Å². The summed E-state index contributed by atoms with van der Waals surface area (Å²) in [7, 11) is -3.78. The number of hydrogen-bond acceptors (Lipinski definition) is 7. The molecule has 10 nitrogen and oxygen atoms in total. The Hall–Kier alpha value is -3.28. The zero-order chi connectivity index (χ0) is 25.2. The maximum absolute atomic E-state index is 13.3. The average Bonchev–Trinajstić information content (AvgIpc) is 3.20. The van der Waals surface area contributed by atoms with E-state index < -0.39 is 21.7 Å². The molecule has 2 aromatic heterocycles. The minimum atomic E-state index is -3.78. The molecular weight excluding hydrogens is 505 g/mol. The lowest BCUT2D eigenvalue weighted by Gasteiger charge is -2.15. The first kappa shape index (κ1) is 25.3. The molecule has 2 heterocycles. The number of carbonyl (C=O) groups excluding carboxylic acids is 3. The maximum atomic E-state index is 13.3. The Bertz CT molecular complexity index is 1420. The van der Waals surface area contributed by atoms with Gasteiger partial charge >= 0.3 is 0 Å². The minimum absolute atomic E-state index is 0.0184. The van der Waals surface area contributed by atoms with Crippen LogP contribution >= 0.6 is 23.2 Å². The lowest BCUT2D eigenvalue weighted by Crippen LogP contribution is -2.30. The second kappa shape index (κ2) is 9.92. The fourth-order valence-electron chi connectivity index (χ4n) is 2.96. The number of ketones is 1. The van der Waals surface area contributed by atoms with Gasteiger partial charge in [0.1, 0.15) is 11.5 Å². The molecule has 0 aliphatic heterocycles. The predicted molar refractivity (Wildman–Crippen MR) is 127 cm³/mol. The molecule has 0 bridgehead atoms. The summed E-state index contributed by atoms with van der Waals surface area (Å²) >= 11 is 12.3. The standard InChI is InChI=1S/C21H19Cl2N5O5S/c1-11-7-13(22)8-14(20(30)25-10-12(2)29)18(11)26-21(31)16-9-17(34(3,32)33)27-28(16)19-15(23)5-4-6-24-19/h4-9H,10H2,1-3H3,(H,25,30)(H,26,31). The number of halogens is 2. The van der Waals surface area contributed by atoms with E-state index in [0.717, 1.165) is 17.0 Å². The number of Topliss-reactive ketones (excluding diaryl/α,β-unsaturated/α-hetero) is 1. The molecule has 0 unspecified atom stereocenters. The van der Waals surface area contributed by atoms with Crippen LogP contribution in [0, 0.1) is 6.92 Å². The van der Waals surface area contributed by atoms with Gasteiger partial charge in [0, 0.05) is 23.5 Å². The molecule has 3 aromatic rings. The molecular formula is C21H19Cl2N5O5S. The Labute approximate surface area is 205 Å². The molecule has 0 spiro atoms. The van der Waals surface area contributed by atoms with Crippen LogP contribution < -0.4 is 10.6 Å². The van der Waals surface area contributed by atoms with Gasteiger partial charge in [-0.25, -0.2) is 18.1 Å². The number of amides is 2. The van der Waals surface area contributed by atoms with Crippen LogP contribution in [0.25, 0.3) is 5.82 Å². The third kappa shape index (κ3) is 5.61. The highest BCUT2D eigenvalue weighted by Crippen LogP contribution is 2.27. The van der Waals surface area contributed by atoms with Gasteiger partial charge in [0.25, 0.3) is 11.8 Å². The topological polar surface area (TPSA) is 140 Å². The Morgan fingerprint density at radius 3 is 2.44 bits per heavy atom. The van der Waals surface area contributed by atoms with E-state index in [0.29, 0.717) is 5.56 Å². The second-order valence-electron chi connectivity index (χ2n) is 7.34. The number of carbonyl (C=O) groups is 3. The van der Waals surface area contributed by atoms with Gasteiger partial charge in [-0.2, -0.15) is 5.10 Å². The van der Waals surface area contributed by atoms with Crippen molar-refractivity contribution in [1.82, 2.24) is 20.1 Å². The zero-order valence-electron chi connectivity index (χ0n) is 18.2. The number of pyridine rings is 1. The SMILES string of the molecule is CC(=O)CNC(=O)c1cc(Cl)cc(C)c1NC(=O)c1cc(S(C)(=O)=O)nn1-c1ncccc1Cl. The van der Waals surface area contributed by atoms with Gasteiger partial charge in [-0.3, -0.25) is 14.4 Å². The van der Waals surface area contributed by atoms with Crippen LogP contribution in [-0.4, -0.2) is 53.6 Å². The van der Waals surface area contributed by atoms with Crippen LogP contribution in [0.5, 0.6) is 0 Å². The molecule has 0 fully saturated rings. The van der Waals surface area contributed by atoms with Crippen LogP contribution in [0.15, 0.2) is 41.6 Å². The summed E-state index contributed by atoms with van der Waals surface area (Å²) in [5, 5.41) is 9.07. The molecule has 0 atom stereocenters. The number of rotatable bonds is 7. The number of nitrogens with one attached hydrogen (secondary N) is 2. The number of aryl methyl sites for hydroxylation is 1. The quantitative estimate of drug-likeness (QED) is 0.484. The second-order valence-corrected chi connectivity index (χ2v) is 10.2. The first-order chi connectivity index (χ1) is 15.9. The average molecular weight is 524 g/mol. The van der Waals surface area contributed by atoms with Crippen molar-refractivity contribution in [3.63, 3.8) is 0 Å². The number of hydrogen-bond donors (Lipinski definition) is 2. The third-order valence-corrected chi connectivity index (χ3v) is 5.99. The molecule has 34 heavy (non-hydrogen) atoms. The van der Waals surface area contributed by atoms with Crippen molar-refractivity contribution in [2.45, 2.75) is 18.9 Å². The number of aromatic nitrogens is 3. The zero-order valence-corrected chi connectivity index (χ0v) is 20.5. The summed E-state index contributed by atoms with van der Waals surface area (Å²) in [6.45, 7) is 2.73. The van der Waals surface area contributed by atoms with Crippen LogP contribution in [0.3, 0.4) is 0 Å². The smallest absolute Gasteiger partial charge is 0.274 e. The highest BCUT2D eigenvalue weighted by Gasteiger charge is 2.25. The Kier molecular flexibility index (Phi) is 7.39. The molecule has 0 saturated carbocycles. The predicted octanol–water partition coefficient (Wildman–Crippen LogP) is 2.86. The fraction of sp³-hybridized carbons (Fsp3) is 0.190. The van der Waals surface area contributed by atoms with E-state index in [1.54, 1.807) is 13.0 Å². The molecule has 0 radical (unpaired) electrons. The summed E-state index contributed by atoms with van der Waals surface area (Å²) in [5.41, 5.74) is 0.408. The van der Waals surface area contributed by atoms with Gasteiger partial charge in [-0.1, -0.05) is 23.2 Å². The number of sulfone groups is 1. The number of nitrogens with zero attached hydrogens (tertiary/aromatic N) is 3. The monoisotopic (exact) mass is 523 g/mol. The Morgan fingerprint density at radius 2 is 1.82 bits per heavy atom. The van der Waals surface area contributed by atoms with E-state index >= 15 is 0 Å². The number of anilines is 1. The van der Waals surface area contributed by atoms with Crippen molar-refractivity contribution in [2.75, 3.05) is 18.1 Å². The number of benzene rings is 1. The molecule has 0 aliphatic carbocycles. The largest absolute Gasteiger partial charge is 0.345 e.